The van der Waals surface area contributed by atoms with Gasteiger partial charge in [-0.05, 0) is 43.2 Å². The topological polar surface area (TPSA) is 72.0 Å². The van der Waals surface area contributed by atoms with Crippen molar-refractivity contribution in [2.24, 2.45) is 0 Å². The van der Waals surface area contributed by atoms with Gasteiger partial charge in [0.05, 0.1) is 27.7 Å². The molecule has 0 aliphatic carbocycles. The van der Waals surface area contributed by atoms with Crippen molar-refractivity contribution in [3.8, 4) is 0 Å². The van der Waals surface area contributed by atoms with E-state index >= 15 is 0 Å². The van der Waals surface area contributed by atoms with Gasteiger partial charge >= 0.3 is 5.97 Å². The molecule has 140 valence electrons. The maximum atomic E-state index is 12.7. The zero-order chi connectivity index (χ0) is 19.6. The first-order valence-electron chi connectivity index (χ1n) is 8.19. The summed E-state index contributed by atoms with van der Waals surface area (Å²) < 4.78 is 5.23. The predicted octanol–water partition coefficient (Wildman–Crippen LogP) is 4.77. The summed E-state index contributed by atoms with van der Waals surface area (Å²) in [6, 6.07) is 10.0. The normalized spacial score (nSPS) is 12.1. The van der Waals surface area contributed by atoms with E-state index in [9.17, 15) is 9.59 Å². The van der Waals surface area contributed by atoms with Gasteiger partial charge < -0.3 is 4.74 Å². The number of esters is 1. The first-order chi connectivity index (χ1) is 12.9. The van der Waals surface area contributed by atoms with Crippen LogP contribution in [-0.2, 0) is 16.0 Å². The first-order valence-corrected chi connectivity index (χ1v) is 9.32. The number of ether oxygens (including phenoxy) is 1. The molecule has 0 aliphatic rings. The zero-order valence-electron chi connectivity index (χ0n) is 14.3. The van der Waals surface area contributed by atoms with Crippen LogP contribution in [0.25, 0.3) is 10.8 Å². The van der Waals surface area contributed by atoms with Crippen LogP contribution in [0.4, 0.5) is 0 Å². The molecule has 3 rings (SSSR count). The summed E-state index contributed by atoms with van der Waals surface area (Å²) in [5, 5.41) is 8.71. The van der Waals surface area contributed by atoms with Gasteiger partial charge in [0.2, 0.25) is 0 Å². The lowest BCUT2D eigenvalue weighted by molar-refractivity contribution is -0.145. The Bertz CT molecular complexity index is 1070. The second-order valence-corrected chi connectivity index (χ2v) is 7.14. The highest BCUT2D eigenvalue weighted by molar-refractivity contribution is 6.42. The van der Waals surface area contributed by atoms with Crippen LogP contribution in [0.5, 0.6) is 0 Å². The maximum absolute atomic E-state index is 12.7. The summed E-state index contributed by atoms with van der Waals surface area (Å²) in [6.45, 7) is 1.95. The average Bonchev–Trinajstić information content (AvgIpc) is 2.64. The minimum atomic E-state index is -0.734. The predicted molar refractivity (Wildman–Crippen MR) is 107 cm³/mol. The SMILES string of the molecule is CCOC(=O)C(Cc1ccc(Cl)c(Cl)c1)c1n[nH]c(=O)c2cc(Cl)ccc12. The number of carbonyl (C=O) groups excluding carboxylic acids is 1. The number of hydrogen-bond acceptors (Lipinski definition) is 4. The smallest absolute Gasteiger partial charge is 0.315 e. The number of aromatic amines is 1. The molecule has 0 bridgehead atoms. The minimum Gasteiger partial charge on any atom is -0.465 e. The Labute approximate surface area is 170 Å². The first kappa shape index (κ1) is 19.7. The van der Waals surface area contributed by atoms with Crippen molar-refractivity contribution in [1.82, 2.24) is 10.2 Å². The second-order valence-electron chi connectivity index (χ2n) is 5.89. The Balaban J connectivity index is 2.12. The van der Waals surface area contributed by atoms with Crippen LogP contribution in [0.15, 0.2) is 41.2 Å². The van der Waals surface area contributed by atoms with Gasteiger partial charge in [-0.2, -0.15) is 5.10 Å². The lowest BCUT2D eigenvalue weighted by atomic mass is 9.93. The molecule has 2 aromatic carbocycles. The van der Waals surface area contributed by atoms with E-state index in [0.717, 1.165) is 5.56 Å². The summed E-state index contributed by atoms with van der Waals surface area (Å²) in [5.74, 6) is -1.18. The fraction of sp³-hybridized carbons (Fsp3) is 0.211. The molecule has 1 atom stereocenters. The van der Waals surface area contributed by atoms with Crippen LogP contribution in [-0.4, -0.2) is 22.8 Å². The third-order valence-corrected chi connectivity index (χ3v) is 5.08. The molecule has 1 heterocycles. The monoisotopic (exact) mass is 424 g/mol. The molecule has 0 saturated carbocycles. The molecule has 8 heteroatoms. The molecule has 0 radical (unpaired) electrons. The minimum absolute atomic E-state index is 0.226. The number of fused-ring (bicyclic) bond motifs is 1. The molecule has 1 N–H and O–H groups in total. The Morgan fingerprint density at radius 2 is 1.89 bits per heavy atom. The molecule has 0 fully saturated rings. The Morgan fingerprint density at radius 3 is 2.59 bits per heavy atom. The van der Waals surface area contributed by atoms with Crippen LogP contribution in [0, 0.1) is 0 Å². The van der Waals surface area contributed by atoms with E-state index < -0.39 is 11.9 Å². The average molecular weight is 426 g/mol. The van der Waals surface area contributed by atoms with E-state index in [1.54, 1.807) is 43.3 Å². The highest BCUT2D eigenvalue weighted by atomic mass is 35.5. The number of H-pyrrole nitrogens is 1. The summed E-state index contributed by atoms with van der Waals surface area (Å²) in [5.41, 5.74) is 0.816. The van der Waals surface area contributed by atoms with Gasteiger partial charge in [0.15, 0.2) is 0 Å². The Morgan fingerprint density at radius 1 is 1.11 bits per heavy atom. The molecule has 1 aromatic heterocycles. The zero-order valence-corrected chi connectivity index (χ0v) is 16.5. The fourth-order valence-corrected chi connectivity index (χ4v) is 3.35. The quantitative estimate of drug-likeness (QED) is 0.598. The van der Waals surface area contributed by atoms with Crippen molar-refractivity contribution >= 4 is 51.5 Å². The highest BCUT2D eigenvalue weighted by Crippen LogP contribution is 2.30. The molecule has 0 aliphatic heterocycles. The highest BCUT2D eigenvalue weighted by Gasteiger charge is 2.27. The van der Waals surface area contributed by atoms with Gasteiger partial charge in [0, 0.05) is 10.4 Å². The Kier molecular flexibility index (Phi) is 6.05. The number of nitrogens with one attached hydrogen (secondary N) is 1. The number of rotatable bonds is 5. The molecule has 3 aromatic rings. The van der Waals surface area contributed by atoms with Gasteiger partial charge in [-0.15, -0.1) is 0 Å². The molecule has 0 amide bonds. The molecule has 0 saturated heterocycles. The Hall–Kier alpha value is -2.08. The largest absolute Gasteiger partial charge is 0.465 e. The number of benzene rings is 2. The van der Waals surface area contributed by atoms with E-state index in [2.05, 4.69) is 10.2 Å². The maximum Gasteiger partial charge on any atom is 0.315 e. The summed E-state index contributed by atoms with van der Waals surface area (Å²) in [7, 11) is 0. The molecule has 1 unspecified atom stereocenters. The third-order valence-electron chi connectivity index (χ3n) is 4.11. The lowest BCUT2D eigenvalue weighted by Crippen LogP contribution is -2.22. The van der Waals surface area contributed by atoms with Crippen LogP contribution >= 0.6 is 34.8 Å². The van der Waals surface area contributed by atoms with Crippen LogP contribution in [0.3, 0.4) is 0 Å². The van der Waals surface area contributed by atoms with Gasteiger partial charge in [0.25, 0.3) is 5.56 Å². The molecule has 5 nitrogen and oxygen atoms in total. The van der Waals surface area contributed by atoms with E-state index in [-0.39, 0.29) is 18.6 Å². The second kappa shape index (κ2) is 8.30. The standard InChI is InChI=1S/C19H15Cl3N2O3/c1-2-27-19(26)14(7-10-3-6-15(21)16(22)8-10)17-12-5-4-11(20)9-13(12)18(25)24-23-17/h3-6,8-9,14H,2,7H2,1H3,(H,24,25). The van der Waals surface area contributed by atoms with E-state index in [0.29, 0.717) is 31.5 Å². The van der Waals surface area contributed by atoms with Crippen molar-refractivity contribution in [2.45, 2.75) is 19.3 Å². The fourth-order valence-electron chi connectivity index (χ4n) is 2.86. The molecule has 27 heavy (non-hydrogen) atoms. The summed E-state index contributed by atoms with van der Waals surface area (Å²) >= 11 is 18.1. The van der Waals surface area contributed by atoms with Gasteiger partial charge in [0.1, 0.15) is 5.92 Å². The van der Waals surface area contributed by atoms with Crippen LogP contribution < -0.4 is 5.56 Å². The van der Waals surface area contributed by atoms with E-state index in [1.807, 2.05) is 0 Å². The van der Waals surface area contributed by atoms with Crippen molar-refractivity contribution < 1.29 is 9.53 Å². The lowest BCUT2D eigenvalue weighted by Gasteiger charge is -2.17. The van der Waals surface area contributed by atoms with Crippen molar-refractivity contribution in [3.05, 3.63) is 73.1 Å². The van der Waals surface area contributed by atoms with Crippen molar-refractivity contribution in [1.29, 1.82) is 0 Å². The van der Waals surface area contributed by atoms with Gasteiger partial charge in [-0.3, -0.25) is 9.59 Å². The summed E-state index contributed by atoms with van der Waals surface area (Å²) in [6.07, 6.45) is 0.284. The van der Waals surface area contributed by atoms with Crippen LogP contribution in [0.1, 0.15) is 24.1 Å². The van der Waals surface area contributed by atoms with Gasteiger partial charge in [-0.25, -0.2) is 5.10 Å². The van der Waals surface area contributed by atoms with Crippen molar-refractivity contribution in [3.63, 3.8) is 0 Å². The van der Waals surface area contributed by atoms with Crippen molar-refractivity contribution in [2.75, 3.05) is 6.61 Å². The number of aromatic nitrogens is 2. The summed E-state index contributed by atoms with van der Waals surface area (Å²) in [4.78, 5) is 24.8. The van der Waals surface area contributed by atoms with E-state index in [1.165, 1.54) is 0 Å². The number of halogens is 3. The third kappa shape index (κ3) is 4.26. The number of nitrogens with zero attached hydrogens (tertiary/aromatic N) is 1. The molecular weight excluding hydrogens is 411 g/mol. The number of carbonyl (C=O) groups is 1. The molecule has 0 spiro atoms. The van der Waals surface area contributed by atoms with Crippen LogP contribution in [0.2, 0.25) is 15.1 Å². The van der Waals surface area contributed by atoms with E-state index in [4.69, 9.17) is 39.5 Å². The van der Waals surface area contributed by atoms with Gasteiger partial charge in [-0.1, -0.05) is 46.9 Å². The number of hydrogen-bond donors (Lipinski definition) is 1. The molecular formula is C19H15Cl3N2O3.